The molecule has 1 saturated heterocycles. The molecule has 1 heterocycles. The Morgan fingerprint density at radius 2 is 0.634 bits per heavy atom. The number of benzene rings is 4. The van der Waals surface area contributed by atoms with Crippen LogP contribution in [0.25, 0.3) is 0 Å². The van der Waals surface area contributed by atoms with Crippen molar-refractivity contribution in [3.63, 3.8) is 0 Å². The number of aryl methyl sites for hydroxylation is 8. The van der Waals surface area contributed by atoms with Crippen LogP contribution in [0.1, 0.15) is 87.5 Å². The van der Waals surface area contributed by atoms with E-state index < -0.39 is 29.8 Å². The molecule has 5 rings (SSSR count). The average Bonchev–Trinajstić information content (AvgIpc) is 3.15. The first-order chi connectivity index (χ1) is 33.1. The van der Waals surface area contributed by atoms with Crippen molar-refractivity contribution in [3.05, 3.63) is 140 Å². The molecule has 0 amide bonds. The number of carboxylic acids is 3. The van der Waals surface area contributed by atoms with Crippen LogP contribution >= 0.6 is 0 Å². The summed E-state index contributed by atoms with van der Waals surface area (Å²) in [5.41, 5.74) is 13.4. The van der Waals surface area contributed by atoms with E-state index in [9.17, 15) is 38.4 Å². The van der Waals surface area contributed by atoms with Crippen LogP contribution in [0.15, 0.2) is 72.8 Å². The van der Waals surface area contributed by atoms with E-state index in [1.165, 1.54) is 34.1 Å². The topological polar surface area (TPSA) is 219 Å². The normalized spacial score (nSPS) is 12.2. The minimum atomic E-state index is -1.03. The molecule has 0 saturated carbocycles. The van der Waals surface area contributed by atoms with Crippen LogP contribution in [0.4, 0.5) is 0 Å². The maximum absolute atomic E-state index is 11.2. The first-order valence-electron chi connectivity index (χ1n) is 23.2. The smallest absolute Gasteiger partial charge is 0.327 e. The Balaban J connectivity index is 0.000000325. The predicted molar refractivity (Wildman–Crippen MR) is 271 cm³/mol. The van der Waals surface area contributed by atoms with Gasteiger partial charge >= 0.3 is 29.8 Å². The van der Waals surface area contributed by atoms with Crippen molar-refractivity contribution < 1.29 is 58.4 Å². The SMILES string of the molecule is CC(=O)CN(CC(=O)O)Cc1cc(C)cc(C)c1.CC(=O)CN(CC(C)=O)Cc1cc(C)cc(C)c1.Cc1cc(C)cc(CN(CC(=O)O)CC(=O)O)c1.Cc1cc(C)cc(CN2CC(=O)OC(=O)C2)c1. The lowest BCUT2D eigenvalue weighted by Gasteiger charge is -2.24. The lowest BCUT2D eigenvalue weighted by molar-refractivity contribution is -0.167. The maximum Gasteiger partial charge on any atom is 0.327 e. The van der Waals surface area contributed by atoms with Gasteiger partial charge in [-0.25, -0.2) is 0 Å². The summed E-state index contributed by atoms with van der Waals surface area (Å²) >= 11 is 0. The third-order valence-electron chi connectivity index (χ3n) is 10.1. The van der Waals surface area contributed by atoms with Gasteiger partial charge < -0.3 is 20.1 Å². The highest BCUT2D eigenvalue weighted by Crippen LogP contribution is 2.15. The van der Waals surface area contributed by atoms with Gasteiger partial charge in [-0.1, -0.05) is 117 Å². The molecule has 16 heteroatoms. The summed E-state index contributed by atoms with van der Waals surface area (Å²) in [5, 5.41) is 26.3. The van der Waals surface area contributed by atoms with E-state index in [2.05, 4.69) is 61.0 Å². The van der Waals surface area contributed by atoms with Crippen LogP contribution in [0.5, 0.6) is 0 Å². The summed E-state index contributed by atoms with van der Waals surface area (Å²) in [4.78, 5) is 94.6. The van der Waals surface area contributed by atoms with Crippen molar-refractivity contribution in [1.82, 2.24) is 19.6 Å². The number of ketones is 3. The number of rotatable bonds is 20. The molecule has 4 aromatic rings. The Bertz CT molecular complexity index is 2170. The molecule has 1 fully saturated rings. The summed E-state index contributed by atoms with van der Waals surface area (Å²) in [6.07, 6.45) is 0. The molecule has 0 aromatic heterocycles. The molecular weight excluding hydrogens is 909 g/mol. The molecule has 71 heavy (non-hydrogen) atoms. The fraction of sp³-hybridized carbons (Fsp3) is 0.418. The van der Waals surface area contributed by atoms with Gasteiger partial charge in [0.2, 0.25) is 0 Å². The summed E-state index contributed by atoms with van der Waals surface area (Å²) < 4.78 is 4.48. The van der Waals surface area contributed by atoms with Gasteiger partial charge in [0.1, 0.15) is 17.3 Å². The molecule has 3 N–H and O–H groups in total. The number of Topliss-reactive ketones (excluding diaryl/α,β-unsaturated/α-hetero) is 3. The van der Waals surface area contributed by atoms with Gasteiger partial charge in [0, 0.05) is 26.2 Å². The summed E-state index contributed by atoms with van der Waals surface area (Å²) in [6.45, 7) is 23.2. The average molecular weight is 981 g/mol. The second-order valence-corrected chi connectivity index (χ2v) is 18.7. The number of esters is 2. The van der Waals surface area contributed by atoms with Gasteiger partial charge in [-0.05, 0) is 98.4 Å². The molecule has 0 aliphatic carbocycles. The molecule has 1 aliphatic heterocycles. The van der Waals surface area contributed by atoms with E-state index in [-0.39, 0.29) is 56.6 Å². The molecule has 0 unspecified atom stereocenters. The first kappa shape index (κ1) is 60.4. The molecule has 0 bridgehead atoms. The van der Waals surface area contributed by atoms with Crippen molar-refractivity contribution in [1.29, 1.82) is 0 Å². The van der Waals surface area contributed by atoms with E-state index in [0.717, 1.165) is 44.5 Å². The number of carboxylic acid groups (broad SMARTS) is 3. The van der Waals surface area contributed by atoms with E-state index in [0.29, 0.717) is 39.3 Å². The molecule has 1 aliphatic rings. The number of aliphatic carboxylic acids is 3. The molecule has 0 atom stereocenters. The largest absolute Gasteiger partial charge is 0.480 e. The monoisotopic (exact) mass is 981 g/mol. The van der Waals surface area contributed by atoms with Crippen LogP contribution in [-0.2, 0) is 69.3 Å². The van der Waals surface area contributed by atoms with E-state index in [4.69, 9.17) is 15.3 Å². The standard InChI is InChI=1S/C15H21NO2.C14H19NO3.C13H17NO4.C13H15NO3/c1-11-5-12(2)7-15(6-11)10-16(8-13(3)17)9-14(4)18;1-10-4-11(2)6-13(5-10)8-15(7-12(3)16)9-14(17)18;1-9-3-10(2)5-11(4-9)6-14(7-12(15)16)8-13(17)18;1-9-3-10(2)5-11(4-9)6-14-7-12(15)17-13(16)8-14/h5-7H,8-10H2,1-4H3;4-6H,7-9H2,1-3H3,(H,17,18);3-5H,6-8H2,1-2H3,(H,15,16)(H,17,18);3-5H,6-8H2,1-2H3. The lowest BCUT2D eigenvalue weighted by atomic mass is 10.1. The van der Waals surface area contributed by atoms with Crippen molar-refractivity contribution in [3.8, 4) is 0 Å². The van der Waals surface area contributed by atoms with Gasteiger partial charge in [-0.2, -0.15) is 0 Å². The van der Waals surface area contributed by atoms with Gasteiger partial charge in [0.15, 0.2) is 0 Å². The molecule has 0 radical (unpaired) electrons. The fourth-order valence-corrected chi connectivity index (χ4v) is 8.42. The van der Waals surface area contributed by atoms with Crippen molar-refractivity contribution >= 4 is 47.2 Å². The Morgan fingerprint density at radius 1 is 0.408 bits per heavy atom. The van der Waals surface area contributed by atoms with Crippen LogP contribution in [0, 0.1) is 55.4 Å². The number of morpholine rings is 1. The van der Waals surface area contributed by atoms with Gasteiger partial charge in [-0.3, -0.25) is 58.0 Å². The number of ether oxygens (including phenoxy) is 1. The quantitative estimate of drug-likeness (QED) is 0.0634. The van der Waals surface area contributed by atoms with Crippen LogP contribution in [0.2, 0.25) is 0 Å². The minimum absolute atomic E-state index is 0.0272. The Kier molecular flexibility index (Phi) is 25.6. The van der Waals surface area contributed by atoms with Crippen LogP contribution in [0.3, 0.4) is 0 Å². The number of carbonyl (C=O) groups is 8. The maximum atomic E-state index is 11.2. The third kappa shape index (κ3) is 27.3. The molecule has 4 aromatic carbocycles. The minimum Gasteiger partial charge on any atom is -0.480 e. The number of hydrogen-bond acceptors (Lipinski definition) is 13. The van der Waals surface area contributed by atoms with Gasteiger partial charge in [0.25, 0.3) is 0 Å². The predicted octanol–water partition coefficient (Wildman–Crippen LogP) is 6.53. The van der Waals surface area contributed by atoms with Crippen molar-refractivity contribution in [2.45, 2.75) is 102 Å². The van der Waals surface area contributed by atoms with Crippen molar-refractivity contribution in [2.24, 2.45) is 0 Å². The van der Waals surface area contributed by atoms with Gasteiger partial charge in [-0.15, -0.1) is 0 Å². The highest BCUT2D eigenvalue weighted by atomic mass is 16.6. The summed E-state index contributed by atoms with van der Waals surface area (Å²) in [6, 6.07) is 24.5. The van der Waals surface area contributed by atoms with Crippen LogP contribution in [-0.4, -0.2) is 134 Å². The van der Waals surface area contributed by atoms with E-state index in [1.54, 1.807) is 23.6 Å². The van der Waals surface area contributed by atoms with Crippen molar-refractivity contribution in [2.75, 3.05) is 52.4 Å². The summed E-state index contributed by atoms with van der Waals surface area (Å²) in [7, 11) is 0. The Labute approximate surface area is 418 Å². The number of cyclic esters (lactones) is 2. The Hall–Kier alpha value is -6.72. The highest BCUT2D eigenvalue weighted by Gasteiger charge is 2.25. The molecule has 0 spiro atoms. The number of nitrogens with zero attached hydrogens (tertiary/aromatic N) is 4. The molecular formula is C55H72N4O12. The fourth-order valence-electron chi connectivity index (χ4n) is 8.42. The first-order valence-corrected chi connectivity index (χ1v) is 23.2. The number of carbonyl (C=O) groups excluding carboxylic acids is 5. The zero-order chi connectivity index (χ0) is 53.5. The molecule has 16 nitrogen and oxygen atoms in total. The van der Waals surface area contributed by atoms with E-state index in [1.807, 2.05) is 76.8 Å². The summed E-state index contributed by atoms with van der Waals surface area (Å²) in [5.74, 6) is -3.76. The third-order valence-corrected chi connectivity index (χ3v) is 10.1. The zero-order valence-corrected chi connectivity index (χ0v) is 43.2. The highest BCUT2D eigenvalue weighted by molar-refractivity contribution is 5.90. The zero-order valence-electron chi connectivity index (χ0n) is 43.2. The second-order valence-electron chi connectivity index (χ2n) is 18.7. The Morgan fingerprint density at radius 3 is 0.873 bits per heavy atom. The molecule has 384 valence electrons. The second kappa shape index (κ2) is 30.1. The van der Waals surface area contributed by atoms with Gasteiger partial charge in [0.05, 0.1) is 52.4 Å². The van der Waals surface area contributed by atoms with Crippen LogP contribution < -0.4 is 0 Å². The lowest BCUT2D eigenvalue weighted by Crippen LogP contribution is -2.42. The number of hydrogen-bond donors (Lipinski definition) is 3. The van der Waals surface area contributed by atoms with E-state index >= 15 is 0 Å².